The third-order valence-corrected chi connectivity index (χ3v) is 2.22. The van der Waals surface area contributed by atoms with Crippen molar-refractivity contribution in [3.8, 4) is 0 Å². The maximum absolute atomic E-state index is 5.95. The van der Waals surface area contributed by atoms with Gasteiger partial charge in [-0.1, -0.05) is 24.9 Å². The SMILES string of the molecule is CCCCN(C)c1nc(N)ncc1Cl. The molecule has 0 saturated heterocycles. The van der Waals surface area contributed by atoms with E-state index in [4.69, 9.17) is 17.3 Å². The van der Waals surface area contributed by atoms with Crippen molar-refractivity contribution in [2.75, 3.05) is 24.2 Å². The van der Waals surface area contributed by atoms with E-state index >= 15 is 0 Å². The molecule has 5 heteroatoms. The van der Waals surface area contributed by atoms with Gasteiger partial charge in [-0.15, -0.1) is 0 Å². The van der Waals surface area contributed by atoms with Gasteiger partial charge in [-0.2, -0.15) is 4.98 Å². The number of unbranched alkanes of at least 4 members (excludes halogenated alkanes) is 1. The monoisotopic (exact) mass is 214 g/mol. The summed E-state index contributed by atoms with van der Waals surface area (Å²) in [5, 5.41) is 0.540. The van der Waals surface area contributed by atoms with Crippen LogP contribution in [0.3, 0.4) is 0 Å². The minimum absolute atomic E-state index is 0.257. The Morgan fingerprint density at radius 3 is 2.93 bits per heavy atom. The Hall–Kier alpha value is -1.03. The Bertz CT molecular complexity index is 303. The molecule has 0 unspecified atom stereocenters. The van der Waals surface area contributed by atoms with Crippen LogP contribution >= 0.6 is 11.6 Å². The first-order valence-corrected chi connectivity index (χ1v) is 5.02. The lowest BCUT2D eigenvalue weighted by molar-refractivity contribution is 0.759. The molecule has 4 nitrogen and oxygen atoms in total. The van der Waals surface area contributed by atoms with Crippen molar-refractivity contribution < 1.29 is 0 Å². The quantitative estimate of drug-likeness (QED) is 0.833. The molecular formula is C9H15ClN4. The highest BCUT2D eigenvalue weighted by Gasteiger charge is 2.08. The van der Waals surface area contributed by atoms with E-state index in [1.165, 1.54) is 6.20 Å². The van der Waals surface area contributed by atoms with Crippen LogP contribution in [0.4, 0.5) is 11.8 Å². The van der Waals surface area contributed by atoms with Gasteiger partial charge in [0, 0.05) is 13.6 Å². The van der Waals surface area contributed by atoms with Crippen LogP contribution in [-0.2, 0) is 0 Å². The molecule has 0 aliphatic heterocycles. The van der Waals surface area contributed by atoms with Gasteiger partial charge >= 0.3 is 0 Å². The third kappa shape index (κ3) is 2.73. The molecule has 0 aliphatic carbocycles. The number of anilines is 2. The number of nitrogen functional groups attached to an aromatic ring is 1. The maximum atomic E-state index is 5.95. The van der Waals surface area contributed by atoms with Gasteiger partial charge in [-0.3, -0.25) is 0 Å². The number of nitrogens with zero attached hydrogens (tertiary/aromatic N) is 3. The first-order valence-electron chi connectivity index (χ1n) is 4.64. The minimum Gasteiger partial charge on any atom is -0.368 e. The normalized spacial score (nSPS) is 10.2. The van der Waals surface area contributed by atoms with Gasteiger partial charge in [0.1, 0.15) is 5.02 Å². The summed E-state index contributed by atoms with van der Waals surface area (Å²) >= 11 is 5.95. The number of halogens is 1. The van der Waals surface area contributed by atoms with E-state index in [-0.39, 0.29) is 5.95 Å². The van der Waals surface area contributed by atoms with E-state index in [2.05, 4.69) is 16.9 Å². The molecule has 1 aromatic heterocycles. The molecular weight excluding hydrogens is 200 g/mol. The fourth-order valence-corrected chi connectivity index (χ4v) is 1.38. The minimum atomic E-state index is 0.257. The third-order valence-electron chi connectivity index (χ3n) is 1.95. The number of aromatic nitrogens is 2. The van der Waals surface area contributed by atoms with Crippen molar-refractivity contribution in [2.24, 2.45) is 0 Å². The number of nitrogens with two attached hydrogens (primary N) is 1. The van der Waals surface area contributed by atoms with E-state index in [1.807, 2.05) is 11.9 Å². The van der Waals surface area contributed by atoms with E-state index in [9.17, 15) is 0 Å². The molecule has 2 N–H and O–H groups in total. The average molecular weight is 215 g/mol. The van der Waals surface area contributed by atoms with Crippen LogP contribution < -0.4 is 10.6 Å². The Morgan fingerprint density at radius 1 is 1.57 bits per heavy atom. The van der Waals surface area contributed by atoms with Crippen molar-refractivity contribution in [1.29, 1.82) is 0 Å². The van der Waals surface area contributed by atoms with Crippen LogP contribution in [-0.4, -0.2) is 23.6 Å². The first kappa shape index (κ1) is 11.0. The summed E-state index contributed by atoms with van der Waals surface area (Å²) in [5.41, 5.74) is 5.49. The van der Waals surface area contributed by atoms with Crippen LogP contribution in [0, 0.1) is 0 Å². The Morgan fingerprint density at radius 2 is 2.29 bits per heavy atom. The standard InChI is InChI=1S/C9H15ClN4/c1-3-4-5-14(2)8-7(10)6-12-9(11)13-8/h6H,3-5H2,1-2H3,(H2,11,12,13). The molecule has 0 atom stereocenters. The molecule has 0 saturated carbocycles. The highest BCUT2D eigenvalue weighted by atomic mass is 35.5. The highest BCUT2D eigenvalue weighted by molar-refractivity contribution is 6.32. The molecule has 0 fully saturated rings. The largest absolute Gasteiger partial charge is 0.368 e. The zero-order valence-corrected chi connectivity index (χ0v) is 9.25. The molecule has 1 rings (SSSR count). The molecule has 1 aromatic rings. The van der Waals surface area contributed by atoms with Gasteiger partial charge in [0.15, 0.2) is 5.82 Å². The average Bonchev–Trinajstić information content (AvgIpc) is 2.18. The van der Waals surface area contributed by atoms with E-state index in [0.717, 1.165) is 19.4 Å². The molecule has 0 aliphatic rings. The lowest BCUT2D eigenvalue weighted by atomic mass is 10.3. The zero-order chi connectivity index (χ0) is 10.6. The van der Waals surface area contributed by atoms with E-state index < -0.39 is 0 Å². The second-order valence-electron chi connectivity index (χ2n) is 3.17. The first-order chi connectivity index (χ1) is 6.65. The molecule has 0 radical (unpaired) electrons. The summed E-state index contributed by atoms with van der Waals surface area (Å²) in [5.74, 6) is 0.959. The Kier molecular flexibility index (Phi) is 3.95. The molecule has 0 aromatic carbocycles. The van der Waals surface area contributed by atoms with Crippen molar-refractivity contribution in [2.45, 2.75) is 19.8 Å². The maximum Gasteiger partial charge on any atom is 0.222 e. The Balaban J connectivity index is 2.77. The lowest BCUT2D eigenvalue weighted by Crippen LogP contribution is -2.20. The van der Waals surface area contributed by atoms with Gasteiger partial charge < -0.3 is 10.6 Å². The second-order valence-corrected chi connectivity index (χ2v) is 3.58. The molecule has 0 spiro atoms. The zero-order valence-electron chi connectivity index (χ0n) is 8.50. The van der Waals surface area contributed by atoms with Gasteiger partial charge in [-0.25, -0.2) is 4.98 Å². The number of hydrogen-bond donors (Lipinski definition) is 1. The van der Waals surface area contributed by atoms with Gasteiger partial charge in [-0.05, 0) is 6.42 Å². The fourth-order valence-electron chi connectivity index (χ4n) is 1.14. The van der Waals surface area contributed by atoms with E-state index in [1.54, 1.807) is 0 Å². The van der Waals surface area contributed by atoms with Gasteiger partial charge in [0.25, 0.3) is 0 Å². The predicted molar refractivity (Wildman–Crippen MR) is 59.6 cm³/mol. The molecule has 0 amide bonds. The highest BCUT2D eigenvalue weighted by Crippen LogP contribution is 2.21. The summed E-state index contributed by atoms with van der Waals surface area (Å²) in [7, 11) is 1.95. The Labute approximate surface area is 89.1 Å². The van der Waals surface area contributed by atoms with Crippen LogP contribution in [0.1, 0.15) is 19.8 Å². The summed E-state index contributed by atoms with van der Waals surface area (Å²) in [6.45, 7) is 3.07. The summed E-state index contributed by atoms with van der Waals surface area (Å²) in [6, 6.07) is 0. The fraction of sp³-hybridized carbons (Fsp3) is 0.556. The van der Waals surface area contributed by atoms with Crippen molar-refractivity contribution in [3.05, 3.63) is 11.2 Å². The number of rotatable bonds is 4. The second kappa shape index (κ2) is 5.00. The summed E-state index contributed by atoms with van der Waals surface area (Å²) in [4.78, 5) is 9.89. The van der Waals surface area contributed by atoms with Crippen LogP contribution in [0.15, 0.2) is 6.20 Å². The summed E-state index contributed by atoms with van der Waals surface area (Å²) in [6.07, 6.45) is 3.78. The van der Waals surface area contributed by atoms with Crippen LogP contribution in [0.2, 0.25) is 5.02 Å². The van der Waals surface area contributed by atoms with E-state index in [0.29, 0.717) is 10.8 Å². The summed E-state index contributed by atoms with van der Waals surface area (Å²) < 4.78 is 0. The lowest BCUT2D eigenvalue weighted by Gasteiger charge is -2.18. The number of hydrogen-bond acceptors (Lipinski definition) is 4. The van der Waals surface area contributed by atoms with Gasteiger partial charge in [0.05, 0.1) is 6.20 Å². The molecule has 14 heavy (non-hydrogen) atoms. The smallest absolute Gasteiger partial charge is 0.222 e. The van der Waals surface area contributed by atoms with Crippen LogP contribution in [0.25, 0.3) is 0 Å². The molecule has 1 heterocycles. The molecule has 78 valence electrons. The van der Waals surface area contributed by atoms with Crippen LogP contribution in [0.5, 0.6) is 0 Å². The van der Waals surface area contributed by atoms with Crippen molar-refractivity contribution >= 4 is 23.4 Å². The molecule has 0 bridgehead atoms. The van der Waals surface area contributed by atoms with Crippen molar-refractivity contribution in [1.82, 2.24) is 9.97 Å². The van der Waals surface area contributed by atoms with Crippen molar-refractivity contribution in [3.63, 3.8) is 0 Å². The topological polar surface area (TPSA) is 55.0 Å². The predicted octanol–water partition coefficient (Wildman–Crippen LogP) is 1.95. The van der Waals surface area contributed by atoms with Gasteiger partial charge in [0.2, 0.25) is 5.95 Å².